The Morgan fingerprint density at radius 1 is 1.37 bits per heavy atom. The van der Waals surface area contributed by atoms with Crippen LogP contribution in [0.4, 0.5) is 0 Å². The molecule has 104 valence electrons. The molecule has 1 amide bonds. The van der Waals surface area contributed by atoms with E-state index in [0.717, 1.165) is 25.8 Å². The van der Waals surface area contributed by atoms with Crippen molar-refractivity contribution in [2.24, 2.45) is 11.7 Å². The number of carbonyl (C=O) groups excluding carboxylic acids is 1. The van der Waals surface area contributed by atoms with Crippen LogP contribution in [0.1, 0.15) is 30.4 Å². The van der Waals surface area contributed by atoms with E-state index in [4.69, 9.17) is 5.73 Å². The molecule has 1 aliphatic carbocycles. The smallest absolute Gasteiger partial charge is 0.222 e. The molecular formula is C16H24N2O. The molecule has 1 aromatic rings. The highest BCUT2D eigenvalue weighted by Crippen LogP contribution is 2.26. The van der Waals surface area contributed by atoms with Crippen LogP contribution in [-0.4, -0.2) is 30.4 Å². The van der Waals surface area contributed by atoms with Gasteiger partial charge < -0.3 is 10.6 Å². The average molecular weight is 260 g/mol. The first-order chi connectivity index (χ1) is 9.06. The van der Waals surface area contributed by atoms with Crippen molar-refractivity contribution >= 4 is 5.91 Å². The van der Waals surface area contributed by atoms with Crippen LogP contribution in [0.3, 0.4) is 0 Å². The Kier molecular flexibility index (Phi) is 4.59. The Labute approximate surface area is 115 Å². The highest BCUT2D eigenvalue weighted by atomic mass is 16.2. The van der Waals surface area contributed by atoms with Crippen molar-refractivity contribution < 1.29 is 4.79 Å². The van der Waals surface area contributed by atoms with E-state index in [0.29, 0.717) is 18.4 Å². The van der Waals surface area contributed by atoms with E-state index in [1.807, 2.05) is 24.1 Å². The molecule has 0 saturated heterocycles. The van der Waals surface area contributed by atoms with Gasteiger partial charge in [-0.25, -0.2) is 0 Å². The van der Waals surface area contributed by atoms with Crippen molar-refractivity contribution in [3.05, 3.63) is 35.4 Å². The zero-order valence-corrected chi connectivity index (χ0v) is 11.9. The van der Waals surface area contributed by atoms with Crippen LogP contribution in [0, 0.1) is 12.8 Å². The maximum atomic E-state index is 12.1. The predicted octanol–water partition coefficient (Wildman–Crippen LogP) is 2.12. The number of aryl methyl sites for hydroxylation is 2. The lowest BCUT2D eigenvalue weighted by Crippen LogP contribution is -2.43. The summed E-state index contributed by atoms with van der Waals surface area (Å²) in [6.45, 7) is 2.96. The Bertz CT molecular complexity index is 438. The van der Waals surface area contributed by atoms with Gasteiger partial charge in [-0.05, 0) is 43.2 Å². The number of benzene rings is 1. The number of hydrogen-bond acceptors (Lipinski definition) is 2. The molecule has 1 aliphatic rings. The number of nitrogens with two attached hydrogens (primary N) is 1. The van der Waals surface area contributed by atoms with Gasteiger partial charge in [0.1, 0.15) is 0 Å². The van der Waals surface area contributed by atoms with Crippen molar-refractivity contribution in [1.82, 2.24) is 4.90 Å². The summed E-state index contributed by atoms with van der Waals surface area (Å²) in [6, 6.07) is 8.63. The van der Waals surface area contributed by atoms with Gasteiger partial charge in [-0.3, -0.25) is 4.79 Å². The van der Waals surface area contributed by atoms with Gasteiger partial charge in [0.05, 0.1) is 0 Å². The lowest BCUT2D eigenvalue weighted by atomic mass is 9.80. The van der Waals surface area contributed by atoms with Crippen LogP contribution in [0.25, 0.3) is 0 Å². The van der Waals surface area contributed by atoms with Crippen LogP contribution >= 0.6 is 0 Å². The van der Waals surface area contributed by atoms with Crippen molar-refractivity contribution in [2.75, 3.05) is 13.6 Å². The third-order valence-electron chi connectivity index (χ3n) is 4.10. The minimum absolute atomic E-state index is 0.240. The van der Waals surface area contributed by atoms with Crippen LogP contribution in [0.15, 0.2) is 24.3 Å². The maximum absolute atomic E-state index is 12.1. The Hall–Kier alpha value is -1.35. The number of hydrogen-bond donors (Lipinski definition) is 1. The number of nitrogens with zero attached hydrogens (tertiary/aromatic N) is 1. The topological polar surface area (TPSA) is 46.3 Å². The Balaban J connectivity index is 1.76. The first-order valence-electron chi connectivity index (χ1n) is 7.10. The van der Waals surface area contributed by atoms with Crippen LogP contribution < -0.4 is 5.73 Å². The van der Waals surface area contributed by atoms with E-state index in [1.54, 1.807) is 0 Å². The summed E-state index contributed by atoms with van der Waals surface area (Å²) >= 11 is 0. The molecule has 1 fully saturated rings. The SMILES string of the molecule is Cc1ccccc1CCC(=O)N(C)CC1CC(N)C1. The normalized spacial score (nSPS) is 21.8. The summed E-state index contributed by atoms with van der Waals surface area (Å²) < 4.78 is 0. The molecule has 0 unspecified atom stereocenters. The van der Waals surface area contributed by atoms with Gasteiger partial charge in [0.2, 0.25) is 5.91 Å². The first kappa shape index (κ1) is 14.1. The van der Waals surface area contributed by atoms with Gasteiger partial charge in [0, 0.05) is 26.1 Å². The fourth-order valence-electron chi connectivity index (χ4n) is 2.75. The van der Waals surface area contributed by atoms with Gasteiger partial charge >= 0.3 is 0 Å². The molecule has 1 saturated carbocycles. The summed E-state index contributed by atoms with van der Waals surface area (Å²) in [6.07, 6.45) is 3.56. The molecule has 19 heavy (non-hydrogen) atoms. The summed E-state index contributed by atoms with van der Waals surface area (Å²) in [4.78, 5) is 13.9. The summed E-state index contributed by atoms with van der Waals surface area (Å²) in [5, 5.41) is 0. The Morgan fingerprint density at radius 2 is 2.05 bits per heavy atom. The Morgan fingerprint density at radius 3 is 2.68 bits per heavy atom. The van der Waals surface area contributed by atoms with E-state index in [-0.39, 0.29) is 5.91 Å². The molecule has 0 radical (unpaired) electrons. The molecule has 0 aromatic heterocycles. The van der Waals surface area contributed by atoms with Crippen LogP contribution in [0.2, 0.25) is 0 Å². The lowest BCUT2D eigenvalue weighted by Gasteiger charge is -2.35. The van der Waals surface area contributed by atoms with Gasteiger partial charge in [-0.2, -0.15) is 0 Å². The maximum Gasteiger partial charge on any atom is 0.222 e. The van der Waals surface area contributed by atoms with Gasteiger partial charge in [-0.1, -0.05) is 24.3 Å². The third kappa shape index (κ3) is 3.80. The van der Waals surface area contributed by atoms with Gasteiger partial charge in [-0.15, -0.1) is 0 Å². The molecule has 3 heteroatoms. The van der Waals surface area contributed by atoms with E-state index in [2.05, 4.69) is 19.1 Å². The minimum atomic E-state index is 0.240. The molecule has 2 rings (SSSR count). The summed E-state index contributed by atoms with van der Waals surface area (Å²) in [7, 11) is 1.91. The highest BCUT2D eigenvalue weighted by Gasteiger charge is 2.27. The van der Waals surface area contributed by atoms with Gasteiger partial charge in [0.25, 0.3) is 0 Å². The number of rotatable bonds is 5. The predicted molar refractivity (Wildman–Crippen MR) is 77.8 cm³/mol. The van der Waals surface area contributed by atoms with Crippen molar-refractivity contribution in [3.8, 4) is 0 Å². The largest absolute Gasteiger partial charge is 0.345 e. The second-order valence-corrected chi connectivity index (χ2v) is 5.80. The molecule has 0 heterocycles. The molecule has 1 aromatic carbocycles. The quantitative estimate of drug-likeness (QED) is 0.881. The molecular weight excluding hydrogens is 236 g/mol. The molecule has 0 atom stereocenters. The fraction of sp³-hybridized carbons (Fsp3) is 0.562. The van der Waals surface area contributed by atoms with E-state index < -0.39 is 0 Å². The zero-order chi connectivity index (χ0) is 13.8. The van der Waals surface area contributed by atoms with E-state index in [9.17, 15) is 4.79 Å². The number of amides is 1. The fourth-order valence-corrected chi connectivity index (χ4v) is 2.75. The van der Waals surface area contributed by atoms with Crippen LogP contribution in [0.5, 0.6) is 0 Å². The standard InChI is InChI=1S/C16H24N2O/c1-12-5-3-4-6-14(12)7-8-16(19)18(2)11-13-9-15(17)10-13/h3-6,13,15H,7-11,17H2,1-2H3. The molecule has 0 bridgehead atoms. The van der Waals surface area contributed by atoms with Crippen molar-refractivity contribution in [3.63, 3.8) is 0 Å². The molecule has 0 aliphatic heterocycles. The molecule has 2 N–H and O–H groups in total. The summed E-state index contributed by atoms with van der Waals surface area (Å²) in [5.74, 6) is 0.853. The minimum Gasteiger partial charge on any atom is -0.345 e. The van der Waals surface area contributed by atoms with E-state index in [1.165, 1.54) is 11.1 Å². The third-order valence-corrected chi connectivity index (χ3v) is 4.10. The second-order valence-electron chi connectivity index (χ2n) is 5.80. The first-order valence-corrected chi connectivity index (χ1v) is 7.10. The molecule has 3 nitrogen and oxygen atoms in total. The monoisotopic (exact) mass is 260 g/mol. The lowest BCUT2D eigenvalue weighted by molar-refractivity contribution is -0.130. The van der Waals surface area contributed by atoms with Gasteiger partial charge in [0.15, 0.2) is 0 Å². The molecule has 0 spiro atoms. The second kappa shape index (κ2) is 6.20. The zero-order valence-electron chi connectivity index (χ0n) is 11.9. The van der Waals surface area contributed by atoms with Crippen molar-refractivity contribution in [1.29, 1.82) is 0 Å². The number of carbonyl (C=O) groups is 1. The van der Waals surface area contributed by atoms with Crippen LogP contribution in [-0.2, 0) is 11.2 Å². The van der Waals surface area contributed by atoms with Crippen molar-refractivity contribution in [2.45, 2.75) is 38.6 Å². The van der Waals surface area contributed by atoms with E-state index >= 15 is 0 Å². The average Bonchev–Trinajstić information content (AvgIpc) is 2.35. The highest BCUT2D eigenvalue weighted by molar-refractivity contribution is 5.76. The summed E-state index contributed by atoms with van der Waals surface area (Å²) in [5.41, 5.74) is 8.31.